The van der Waals surface area contributed by atoms with Gasteiger partial charge >= 0.3 is 0 Å². The van der Waals surface area contributed by atoms with Gasteiger partial charge in [0.25, 0.3) is 5.56 Å². The summed E-state index contributed by atoms with van der Waals surface area (Å²) in [5.41, 5.74) is 11.5. The predicted molar refractivity (Wildman–Crippen MR) is 126 cm³/mol. The molecule has 0 fully saturated rings. The maximum atomic E-state index is 13.1. The third-order valence-electron chi connectivity index (χ3n) is 4.39. The summed E-state index contributed by atoms with van der Waals surface area (Å²) in [6.07, 6.45) is 8.45. The van der Waals surface area contributed by atoms with E-state index in [9.17, 15) is 9.18 Å². The molecule has 1 unspecified atom stereocenters. The molecule has 1 atom stereocenters. The molecule has 3 heterocycles. The van der Waals surface area contributed by atoms with Crippen LogP contribution in [0.15, 0.2) is 47.2 Å². The molecule has 0 saturated heterocycles. The van der Waals surface area contributed by atoms with Gasteiger partial charge in [-0.05, 0) is 32.4 Å². The van der Waals surface area contributed by atoms with E-state index in [2.05, 4.69) is 34.0 Å². The van der Waals surface area contributed by atoms with Crippen molar-refractivity contribution in [2.45, 2.75) is 47.1 Å². The second kappa shape index (κ2) is 12.5. The molecule has 2 aromatic rings. The van der Waals surface area contributed by atoms with E-state index >= 15 is 0 Å². The van der Waals surface area contributed by atoms with Crippen LogP contribution >= 0.6 is 0 Å². The molecule has 0 aromatic carbocycles. The van der Waals surface area contributed by atoms with Crippen LogP contribution < -0.4 is 22.0 Å². The minimum Gasteiger partial charge on any atom is -0.391 e. The van der Waals surface area contributed by atoms with Crippen LogP contribution in [0.25, 0.3) is 0 Å². The first kappa shape index (κ1) is 25.8. The first-order valence-corrected chi connectivity index (χ1v) is 10.4. The molecule has 1 aliphatic rings. The minimum atomic E-state index is -0.491. The molecule has 0 amide bonds. The SMILES string of the molecule is C/C(F)=C/CN1c2ncccc2C(c2nc(N)c(N)c(=O)[nH]2)N1C.C/C=C\CC.CC. The Morgan fingerprint density at radius 3 is 2.55 bits per heavy atom. The number of hydrazine groups is 1. The summed E-state index contributed by atoms with van der Waals surface area (Å²) in [7, 11) is 1.81. The molecular formula is C22H34FN7O. The molecule has 0 spiro atoms. The molecule has 1 aliphatic heterocycles. The van der Waals surface area contributed by atoms with Crippen molar-refractivity contribution in [3.8, 4) is 0 Å². The summed E-state index contributed by atoms with van der Waals surface area (Å²) in [5.74, 6) is 0.713. The molecular weight excluding hydrogens is 397 g/mol. The lowest BCUT2D eigenvalue weighted by atomic mass is 10.1. The highest BCUT2D eigenvalue weighted by Gasteiger charge is 2.37. The van der Waals surface area contributed by atoms with Gasteiger partial charge < -0.3 is 16.5 Å². The van der Waals surface area contributed by atoms with Gasteiger partial charge in [-0.15, -0.1) is 0 Å². The zero-order valence-electron chi connectivity index (χ0n) is 19.2. The van der Waals surface area contributed by atoms with Gasteiger partial charge in [-0.3, -0.25) is 9.80 Å². The quantitative estimate of drug-likeness (QED) is 0.627. The number of pyridine rings is 1. The highest BCUT2D eigenvalue weighted by atomic mass is 19.1. The number of nitrogens with two attached hydrogens (primary N) is 2. The van der Waals surface area contributed by atoms with E-state index in [0.717, 1.165) is 12.0 Å². The molecule has 5 N–H and O–H groups in total. The summed E-state index contributed by atoms with van der Waals surface area (Å²) >= 11 is 0. The van der Waals surface area contributed by atoms with E-state index in [4.69, 9.17) is 11.5 Å². The Labute approximate surface area is 183 Å². The number of anilines is 3. The van der Waals surface area contributed by atoms with E-state index in [1.165, 1.54) is 13.0 Å². The Balaban J connectivity index is 0.000000605. The lowest BCUT2D eigenvalue weighted by Gasteiger charge is -2.28. The molecule has 0 saturated carbocycles. The number of rotatable bonds is 4. The second-order valence-electron chi connectivity index (χ2n) is 6.49. The summed E-state index contributed by atoms with van der Waals surface area (Å²) < 4.78 is 13.1. The van der Waals surface area contributed by atoms with Gasteiger partial charge in [-0.2, -0.15) is 0 Å². The number of hydrogen-bond acceptors (Lipinski definition) is 7. The van der Waals surface area contributed by atoms with Crippen LogP contribution in [0, 0.1) is 0 Å². The molecule has 2 aromatic heterocycles. The first-order chi connectivity index (χ1) is 14.8. The van der Waals surface area contributed by atoms with Crippen molar-refractivity contribution in [2.75, 3.05) is 30.1 Å². The van der Waals surface area contributed by atoms with E-state index < -0.39 is 11.6 Å². The van der Waals surface area contributed by atoms with Crippen molar-refractivity contribution < 1.29 is 4.39 Å². The van der Waals surface area contributed by atoms with E-state index in [1.54, 1.807) is 24.3 Å². The molecule has 9 heteroatoms. The molecule has 0 radical (unpaired) electrons. The fourth-order valence-electron chi connectivity index (χ4n) is 2.96. The van der Waals surface area contributed by atoms with Gasteiger partial charge in [0.2, 0.25) is 0 Å². The molecule has 8 nitrogen and oxygen atoms in total. The smallest absolute Gasteiger partial charge is 0.276 e. The largest absolute Gasteiger partial charge is 0.391 e. The molecule has 0 aliphatic carbocycles. The lowest BCUT2D eigenvalue weighted by molar-refractivity contribution is 0.278. The summed E-state index contributed by atoms with van der Waals surface area (Å²) in [6, 6.07) is 3.26. The molecule has 3 rings (SSSR count). The van der Waals surface area contributed by atoms with Crippen LogP contribution in [0.2, 0.25) is 0 Å². The zero-order chi connectivity index (χ0) is 23.6. The fraction of sp³-hybridized carbons (Fsp3) is 0.409. The number of hydrogen-bond donors (Lipinski definition) is 3. The average molecular weight is 432 g/mol. The van der Waals surface area contributed by atoms with Crippen molar-refractivity contribution in [3.05, 3.63) is 64.1 Å². The number of nitrogens with one attached hydrogen (secondary N) is 1. The Bertz CT molecular complexity index is 951. The van der Waals surface area contributed by atoms with Crippen LogP contribution in [0.4, 0.5) is 21.7 Å². The van der Waals surface area contributed by atoms with Crippen LogP contribution in [0.5, 0.6) is 0 Å². The molecule has 170 valence electrons. The summed E-state index contributed by atoms with van der Waals surface area (Å²) in [4.78, 5) is 23.2. The molecule has 0 bridgehead atoms. The third kappa shape index (κ3) is 6.39. The maximum Gasteiger partial charge on any atom is 0.276 e. The number of allylic oxidation sites excluding steroid dienone is 3. The maximum absolute atomic E-state index is 13.1. The van der Waals surface area contributed by atoms with Gasteiger partial charge in [-0.25, -0.2) is 19.4 Å². The average Bonchev–Trinajstić information content (AvgIpc) is 3.03. The Morgan fingerprint density at radius 1 is 1.35 bits per heavy atom. The van der Waals surface area contributed by atoms with Gasteiger partial charge in [-0.1, -0.05) is 39.0 Å². The van der Waals surface area contributed by atoms with E-state index in [1.807, 2.05) is 31.8 Å². The summed E-state index contributed by atoms with van der Waals surface area (Å²) in [5, 5.41) is 3.63. The monoisotopic (exact) mass is 431 g/mol. The van der Waals surface area contributed by atoms with Crippen LogP contribution in [0.3, 0.4) is 0 Å². The van der Waals surface area contributed by atoms with Crippen molar-refractivity contribution in [1.29, 1.82) is 0 Å². The van der Waals surface area contributed by atoms with Gasteiger partial charge in [0.05, 0.1) is 12.4 Å². The van der Waals surface area contributed by atoms with Crippen molar-refractivity contribution >= 4 is 17.3 Å². The number of aromatic amines is 1. The predicted octanol–water partition coefficient (Wildman–Crippen LogP) is 3.96. The van der Waals surface area contributed by atoms with Crippen LogP contribution in [-0.4, -0.2) is 33.6 Å². The van der Waals surface area contributed by atoms with E-state index in [-0.39, 0.29) is 17.3 Å². The lowest BCUT2D eigenvalue weighted by Crippen LogP contribution is -2.38. The Kier molecular flexibility index (Phi) is 10.4. The van der Waals surface area contributed by atoms with Crippen LogP contribution in [0.1, 0.15) is 58.5 Å². The summed E-state index contributed by atoms with van der Waals surface area (Å²) in [6.45, 7) is 9.84. The highest BCUT2D eigenvalue weighted by Crippen LogP contribution is 2.39. The second-order valence-corrected chi connectivity index (χ2v) is 6.49. The Morgan fingerprint density at radius 2 is 2.03 bits per heavy atom. The fourth-order valence-corrected chi connectivity index (χ4v) is 2.96. The number of halogens is 1. The van der Waals surface area contributed by atoms with Crippen molar-refractivity contribution in [2.24, 2.45) is 0 Å². The van der Waals surface area contributed by atoms with Gasteiger partial charge in [0.1, 0.15) is 23.4 Å². The van der Waals surface area contributed by atoms with Crippen LogP contribution in [-0.2, 0) is 0 Å². The number of nitrogens with zero attached hydrogens (tertiary/aromatic N) is 4. The zero-order valence-corrected chi connectivity index (χ0v) is 19.2. The third-order valence-corrected chi connectivity index (χ3v) is 4.39. The number of fused-ring (bicyclic) bond motifs is 1. The van der Waals surface area contributed by atoms with Crippen molar-refractivity contribution in [3.63, 3.8) is 0 Å². The standard InChI is InChI=1S/C15H18FN7O.C5H10.C2H6/c1-8(16)5-7-23-14-9(4-3-6-19-14)11(22(23)2)13-20-12(18)10(17)15(24)21-13;1-3-5-4-2;1-2/h3-6,11H,7,17H2,1-2H3,(H3,18,20,21,24);3,5H,4H2,1-2H3;1-2H3/b8-5-;5-3-;. The Hall–Kier alpha value is -3.20. The topological polar surface area (TPSA) is 117 Å². The molecule has 31 heavy (non-hydrogen) atoms. The van der Waals surface area contributed by atoms with E-state index in [0.29, 0.717) is 18.2 Å². The number of aromatic nitrogens is 3. The normalized spacial score (nSPS) is 15.8. The minimum absolute atomic E-state index is 0.0226. The van der Waals surface area contributed by atoms with Crippen molar-refractivity contribution in [1.82, 2.24) is 20.0 Å². The van der Waals surface area contributed by atoms with Gasteiger partial charge in [0.15, 0.2) is 5.82 Å². The number of H-pyrrole nitrogens is 1. The number of nitrogen functional groups attached to an aromatic ring is 2. The first-order valence-electron chi connectivity index (χ1n) is 10.4. The highest BCUT2D eigenvalue weighted by molar-refractivity contribution is 5.58. The van der Waals surface area contributed by atoms with Gasteiger partial charge in [0, 0.05) is 18.8 Å².